The van der Waals surface area contributed by atoms with E-state index in [0.29, 0.717) is 31.2 Å². The molecular weight excluding hydrogens is 394 g/mol. The van der Waals surface area contributed by atoms with Gasteiger partial charge in [-0.05, 0) is 36.0 Å². The number of nitrogens with two attached hydrogens (primary N) is 1. The van der Waals surface area contributed by atoms with Crippen molar-refractivity contribution < 1.29 is 14.4 Å². The van der Waals surface area contributed by atoms with Gasteiger partial charge in [-0.15, -0.1) is 0 Å². The van der Waals surface area contributed by atoms with E-state index in [9.17, 15) is 14.4 Å². The fourth-order valence-electron chi connectivity index (χ4n) is 5.01. The Morgan fingerprint density at radius 2 is 1.87 bits per heavy atom. The summed E-state index contributed by atoms with van der Waals surface area (Å²) >= 11 is 0. The number of likely N-dealkylation sites (tertiary alicyclic amines) is 1. The number of likely N-dealkylation sites (N-methyl/N-ethyl adjacent to an activating group) is 1. The van der Waals surface area contributed by atoms with E-state index in [1.807, 2.05) is 12.1 Å². The molecule has 0 radical (unpaired) electrons. The molecule has 4 N–H and O–H groups in total. The first-order valence-electron chi connectivity index (χ1n) is 11.4. The highest BCUT2D eigenvalue weighted by Crippen LogP contribution is 2.37. The fraction of sp³-hybridized carbons (Fsp3) is 0.652. The first-order chi connectivity index (χ1) is 15.0. The van der Waals surface area contributed by atoms with Crippen LogP contribution in [0, 0.1) is 11.8 Å². The van der Waals surface area contributed by atoms with Crippen LogP contribution in [0.3, 0.4) is 0 Å². The highest BCUT2D eigenvalue weighted by Gasteiger charge is 2.42. The van der Waals surface area contributed by atoms with Crippen LogP contribution in [0.2, 0.25) is 0 Å². The summed E-state index contributed by atoms with van der Waals surface area (Å²) in [7, 11) is 1.56. The van der Waals surface area contributed by atoms with Crippen molar-refractivity contribution in [1.29, 1.82) is 0 Å². The third-order valence-corrected chi connectivity index (χ3v) is 6.70. The minimum Gasteiger partial charge on any atom is -0.357 e. The van der Waals surface area contributed by atoms with Gasteiger partial charge in [0, 0.05) is 45.4 Å². The fourth-order valence-corrected chi connectivity index (χ4v) is 5.01. The molecule has 0 unspecified atom stereocenters. The normalized spacial score (nSPS) is 22.7. The van der Waals surface area contributed by atoms with E-state index < -0.39 is 12.1 Å². The van der Waals surface area contributed by atoms with E-state index >= 15 is 0 Å². The monoisotopic (exact) mass is 429 g/mol. The molecule has 3 rings (SSSR count). The Balaban J connectivity index is 1.73. The van der Waals surface area contributed by atoms with Crippen LogP contribution in [-0.4, -0.2) is 59.8 Å². The first-order valence-corrected chi connectivity index (χ1v) is 11.4. The number of carbonyl (C=O) groups excluding carboxylic acids is 3. The van der Waals surface area contributed by atoms with Gasteiger partial charge in [0.25, 0.3) is 0 Å². The van der Waals surface area contributed by atoms with Crippen LogP contribution in [0.1, 0.15) is 50.5 Å². The summed E-state index contributed by atoms with van der Waals surface area (Å²) in [6, 6.07) is 2.40. The summed E-state index contributed by atoms with van der Waals surface area (Å²) in [5, 5.41) is 5.54. The number of aromatic nitrogens is 1. The molecule has 1 saturated heterocycles. The molecule has 0 spiro atoms. The molecule has 1 aromatic rings. The number of amides is 3. The summed E-state index contributed by atoms with van der Waals surface area (Å²) < 4.78 is 0. The van der Waals surface area contributed by atoms with Gasteiger partial charge in [-0.25, -0.2) is 0 Å². The van der Waals surface area contributed by atoms with Gasteiger partial charge in [-0.1, -0.05) is 32.1 Å². The van der Waals surface area contributed by atoms with Crippen molar-refractivity contribution in [3.63, 3.8) is 0 Å². The van der Waals surface area contributed by atoms with Gasteiger partial charge in [0.1, 0.15) is 12.1 Å². The molecule has 170 valence electrons. The van der Waals surface area contributed by atoms with Crippen molar-refractivity contribution in [1.82, 2.24) is 20.5 Å². The second-order valence-corrected chi connectivity index (χ2v) is 8.73. The van der Waals surface area contributed by atoms with Crippen LogP contribution in [0.25, 0.3) is 0 Å². The molecule has 1 aromatic heterocycles. The van der Waals surface area contributed by atoms with E-state index in [1.54, 1.807) is 24.3 Å². The van der Waals surface area contributed by atoms with E-state index in [0.717, 1.165) is 5.56 Å². The van der Waals surface area contributed by atoms with Crippen molar-refractivity contribution in [2.45, 2.75) is 63.5 Å². The molecular formula is C23H35N5O3. The molecule has 1 aliphatic heterocycles. The molecule has 0 bridgehead atoms. The second-order valence-electron chi connectivity index (χ2n) is 8.73. The SMILES string of the molecule is CNC(=O)[C@H](Cc1ccncc1)NC(=O)[C@@H]1C[C@@H](C2CCCCC2)CN1C(=O)CCN. The smallest absolute Gasteiger partial charge is 0.243 e. The Hall–Kier alpha value is -2.48. The molecule has 3 amide bonds. The number of nitrogens with one attached hydrogen (secondary N) is 2. The zero-order valence-electron chi connectivity index (χ0n) is 18.4. The predicted octanol–water partition coefficient (Wildman–Crippen LogP) is 1.00. The lowest BCUT2D eigenvalue weighted by Gasteiger charge is -2.27. The Labute approximate surface area is 184 Å². The summed E-state index contributed by atoms with van der Waals surface area (Å²) in [5.41, 5.74) is 6.52. The van der Waals surface area contributed by atoms with E-state index in [2.05, 4.69) is 15.6 Å². The standard InChI is InChI=1S/C23H35N5O3/c1-25-22(30)19(13-16-8-11-26-12-9-16)27-23(31)20-14-18(17-5-3-2-4-6-17)15-28(20)21(29)7-10-24/h8-9,11-12,17-20H,2-7,10,13-15,24H2,1H3,(H,25,30)(H,27,31)/t18-,19+,20+/m1/s1. The van der Waals surface area contributed by atoms with Crippen LogP contribution < -0.4 is 16.4 Å². The lowest BCUT2D eigenvalue weighted by molar-refractivity contribution is -0.139. The molecule has 2 aliphatic rings. The highest BCUT2D eigenvalue weighted by molar-refractivity contribution is 5.92. The molecule has 0 aromatic carbocycles. The van der Waals surface area contributed by atoms with Gasteiger partial charge < -0.3 is 21.3 Å². The average Bonchev–Trinajstić information content (AvgIpc) is 3.25. The van der Waals surface area contributed by atoms with Crippen LogP contribution in [0.5, 0.6) is 0 Å². The van der Waals surface area contributed by atoms with E-state index in [4.69, 9.17) is 5.73 Å². The van der Waals surface area contributed by atoms with Gasteiger partial charge in [-0.2, -0.15) is 0 Å². The molecule has 31 heavy (non-hydrogen) atoms. The van der Waals surface area contributed by atoms with E-state index in [1.165, 1.54) is 32.1 Å². The maximum atomic E-state index is 13.3. The maximum Gasteiger partial charge on any atom is 0.243 e. The van der Waals surface area contributed by atoms with Gasteiger partial charge in [0.05, 0.1) is 0 Å². The van der Waals surface area contributed by atoms with Crippen molar-refractivity contribution in [3.05, 3.63) is 30.1 Å². The van der Waals surface area contributed by atoms with Crippen molar-refractivity contribution >= 4 is 17.7 Å². The Morgan fingerprint density at radius 1 is 1.16 bits per heavy atom. The number of pyridine rings is 1. The Morgan fingerprint density at radius 3 is 2.52 bits per heavy atom. The summed E-state index contributed by atoms with van der Waals surface area (Å²) in [6.07, 6.45) is 10.6. The third kappa shape index (κ3) is 6.03. The first kappa shape index (κ1) is 23.2. The number of hydrogen-bond donors (Lipinski definition) is 3. The molecule has 8 nitrogen and oxygen atoms in total. The van der Waals surface area contributed by atoms with Gasteiger partial charge >= 0.3 is 0 Å². The average molecular weight is 430 g/mol. The molecule has 2 fully saturated rings. The van der Waals surface area contributed by atoms with Crippen molar-refractivity contribution in [2.24, 2.45) is 17.6 Å². The molecule has 2 heterocycles. The Bertz CT molecular complexity index is 751. The van der Waals surface area contributed by atoms with Crippen LogP contribution in [0.4, 0.5) is 0 Å². The van der Waals surface area contributed by atoms with Gasteiger partial charge in [0.15, 0.2) is 0 Å². The van der Waals surface area contributed by atoms with Gasteiger partial charge in [-0.3, -0.25) is 19.4 Å². The number of hydrogen-bond acceptors (Lipinski definition) is 5. The van der Waals surface area contributed by atoms with Crippen molar-refractivity contribution in [3.8, 4) is 0 Å². The van der Waals surface area contributed by atoms with Crippen LogP contribution in [0.15, 0.2) is 24.5 Å². The van der Waals surface area contributed by atoms with Crippen molar-refractivity contribution in [2.75, 3.05) is 20.1 Å². The lowest BCUT2D eigenvalue weighted by atomic mass is 9.79. The topological polar surface area (TPSA) is 117 Å². The van der Waals surface area contributed by atoms with Gasteiger partial charge in [0.2, 0.25) is 17.7 Å². The summed E-state index contributed by atoms with van der Waals surface area (Å²) in [4.78, 5) is 44.2. The maximum absolute atomic E-state index is 13.3. The quantitative estimate of drug-likeness (QED) is 0.570. The Kier molecular flexibility index (Phi) is 8.40. The lowest BCUT2D eigenvalue weighted by Crippen LogP contribution is -2.53. The zero-order valence-corrected chi connectivity index (χ0v) is 18.4. The van der Waals surface area contributed by atoms with E-state index in [-0.39, 0.29) is 30.7 Å². The van der Waals surface area contributed by atoms with Crippen LogP contribution in [-0.2, 0) is 20.8 Å². The summed E-state index contributed by atoms with van der Waals surface area (Å²) in [5.74, 6) is 0.299. The second kappa shape index (κ2) is 11.2. The molecule has 3 atom stereocenters. The number of carbonyl (C=O) groups is 3. The minimum atomic E-state index is -0.708. The number of nitrogens with zero attached hydrogens (tertiary/aromatic N) is 2. The minimum absolute atomic E-state index is 0.0772. The third-order valence-electron chi connectivity index (χ3n) is 6.70. The largest absolute Gasteiger partial charge is 0.357 e. The molecule has 1 saturated carbocycles. The predicted molar refractivity (Wildman–Crippen MR) is 118 cm³/mol. The zero-order chi connectivity index (χ0) is 22.2. The molecule has 1 aliphatic carbocycles. The molecule has 8 heteroatoms. The summed E-state index contributed by atoms with van der Waals surface area (Å²) in [6.45, 7) is 0.872. The highest BCUT2D eigenvalue weighted by atomic mass is 16.2. The van der Waals surface area contributed by atoms with Crippen LogP contribution >= 0.6 is 0 Å². The number of rotatable bonds is 8.